The van der Waals surface area contributed by atoms with Gasteiger partial charge in [-0.1, -0.05) is 12.2 Å². The van der Waals surface area contributed by atoms with E-state index < -0.39 is 0 Å². The van der Waals surface area contributed by atoms with Crippen LogP contribution in [0.5, 0.6) is 0 Å². The van der Waals surface area contributed by atoms with Crippen LogP contribution in [0.25, 0.3) is 0 Å². The molecule has 0 aromatic rings. The summed E-state index contributed by atoms with van der Waals surface area (Å²) in [5.41, 5.74) is 0. The Bertz CT molecular complexity index is 95.1. The molecular weight excluding hydrogens is 116 g/mol. The molecule has 52 valence electrons. The Morgan fingerprint density at radius 2 is 2.44 bits per heavy atom. The Balaban J connectivity index is 1.91. The van der Waals surface area contributed by atoms with Gasteiger partial charge in [0.15, 0.2) is 0 Å². The highest BCUT2D eigenvalue weighted by molar-refractivity contribution is 4.77. The summed E-state index contributed by atoms with van der Waals surface area (Å²) >= 11 is 0. The van der Waals surface area contributed by atoms with Gasteiger partial charge >= 0.3 is 0 Å². The maximum absolute atomic E-state index is 5.31. The molecule has 0 amide bonds. The molecule has 0 aliphatic carbocycles. The van der Waals surface area contributed by atoms with E-state index in [-0.39, 0.29) is 0 Å². The van der Waals surface area contributed by atoms with Crippen molar-refractivity contribution in [3.63, 3.8) is 0 Å². The summed E-state index contributed by atoms with van der Waals surface area (Å²) in [5, 5.41) is 0. The minimum absolute atomic E-state index is 0.362. The summed E-state index contributed by atoms with van der Waals surface area (Å²) in [5.74, 6) is 0. The molecule has 0 spiro atoms. The molecule has 1 saturated heterocycles. The maximum atomic E-state index is 5.31. The first-order chi connectivity index (χ1) is 4.43. The first kappa shape index (κ1) is 6.78. The number of rotatable bonds is 3. The Labute approximate surface area is 55.5 Å². The SMILES string of the molecule is CC=CCOC1COC1. The van der Waals surface area contributed by atoms with Gasteiger partial charge < -0.3 is 9.47 Å². The van der Waals surface area contributed by atoms with E-state index in [2.05, 4.69) is 0 Å². The van der Waals surface area contributed by atoms with Crippen molar-refractivity contribution in [1.82, 2.24) is 0 Å². The summed E-state index contributed by atoms with van der Waals surface area (Å²) in [6, 6.07) is 0. The molecule has 0 N–H and O–H groups in total. The summed E-state index contributed by atoms with van der Waals surface area (Å²) < 4.78 is 10.2. The van der Waals surface area contributed by atoms with E-state index >= 15 is 0 Å². The molecule has 1 rings (SSSR count). The first-order valence-corrected chi connectivity index (χ1v) is 3.24. The predicted molar refractivity (Wildman–Crippen MR) is 35.4 cm³/mol. The van der Waals surface area contributed by atoms with Gasteiger partial charge in [0, 0.05) is 0 Å². The Kier molecular flexibility index (Phi) is 2.74. The van der Waals surface area contributed by atoms with Gasteiger partial charge in [-0.15, -0.1) is 0 Å². The van der Waals surface area contributed by atoms with Gasteiger partial charge in [-0.3, -0.25) is 0 Å². The van der Waals surface area contributed by atoms with Crippen LogP contribution in [0.2, 0.25) is 0 Å². The van der Waals surface area contributed by atoms with Gasteiger partial charge in [-0.05, 0) is 6.92 Å². The van der Waals surface area contributed by atoms with Crippen molar-refractivity contribution in [1.29, 1.82) is 0 Å². The van der Waals surface area contributed by atoms with Crippen LogP contribution in [-0.4, -0.2) is 25.9 Å². The van der Waals surface area contributed by atoms with Crippen LogP contribution < -0.4 is 0 Å². The molecule has 2 heteroatoms. The molecule has 0 atom stereocenters. The van der Waals surface area contributed by atoms with Gasteiger partial charge in [0.05, 0.1) is 19.8 Å². The molecule has 1 fully saturated rings. The Morgan fingerprint density at radius 1 is 1.67 bits per heavy atom. The minimum atomic E-state index is 0.362. The fourth-order valence-corrected chi connectivity index (χ4v) is 0.598. The molecule has 0 unspecified atom stereocenters. The van der Waals surface area contributed by atoms with Crippen molar-refractivity contribution in [3.05, 3.63) is 12.2 Å². The predicted octanol–water partition coefficient (Wildman–Crippen LogP) is 0.978. The second-order valence-corrected chi connectivity index (χ2v) is 2.06. The maximum Gasteiger partial charge on any atom is 0.104 e. The van der Waals surface area contributed by atoms with Crippen LogP contribution in [0.3, 0.4) is 0 Å². The second-order valence-electron chi connectivity index (χ2n) is 2.06. The van der Waals surface area contributed by atoms with E-state index in [4.69, 9.17) is 9.47 Å². The standard InChI is InChI=1S/C7H12O2/c1-2-3-4-9-7-5-8-6-7/h2-3,7H,4-6H2,1H3. The van der Waals surface area contributed by atoms with Crippen LogP contribution in [0.1, 0.15) is 6.92 Å². The number of ether oxygens (including phenoxy) is 2. The lowest BCUT2D eigenvalue weighted by atomic mass is 10.3. The largest absolute Gasteiger partial charge is 0.376 e. The van der Waals surface area contributed by atoms with Gasteiger partial charge in [0.2, 0.25) is 0 Å². The van der Waals surface area contributed by atoms with Crippen LogP contribution in [0.4, 0.5) is 0 Å². The normalized spacial score (nSPS) is 20.6. The monoisotopic (exact) mass is 128 g/mol. The summed E-state index contributed by atoms with van der Waals surface area (Å²) in [7, 11) is 0. The zero-order valence-electron chi connectivity index (χ0n) is 5.67. The van der Waals surface area contributed by atoms with E-state index in [0.29, 0.717) is 6.10 Å². The third-order valence-corrected chi connectivity index (χ3v) is 1.27. The van der Waals surface area contributed by atoms with Crippen molar-refractivity contribution in [2.75, 3.05) is 19.8 Å². The molecule has 0 aromatic carbocycles. The van der Waals surface area contributed by atoms with E-state index in [9.17, 15) is 0 Å². The minimum Gasteiger partial charge on any atom is -0.376 e. The lowest BCUT2D eigenvalue weighted by Gasteiger charge is -2.25. The van der Waals surface area contributed by atoms with Crippen molar-refractivity contribution >= 4 is 0 Å². The van der Waals surface area contributed by atoms with Gasteiger partial charge in [-0.2, -0.15) is 0 Å². The van der Waals surface area contributed by atoms with Gasteiger partial charge in [-0.25, -0.2) is 0 Å². The number of allylic oxidation sites excluding steroid dienone is 1. The molecule has 0 saturated carbocycles. The highest BCUT2D eigenvalue weighted by Gasteiger charge is 2.17. The first-order valence-electron chi connectivity index (χ1n) is 3.24. The van der Waals surface area contributed by atoms with Crippen molar-refractivity contribution in [3.8, 4) is 0 Å². The van der Waals surface area contributed by atoms with Crippen molar-refractivity contribution < 1.29 is 9.47 Å². The third-order valence-electron chi connectivity index (χ3n) is 1.27. The van der Waals surface area contributed by atoms with Crippen LogP contribution in [0, 0.1) is 0 Å². The van der Waals surface area contributed by atoms with Crippen LogP contribution >= 0.6 is 0 Å². The molecule has 1 aliphatic rings. The highest BCUT2D eigenvalue weighted by Crippen LogP contribution is 2.04. The molecule has 0 bridgehead atoms. The molecule has 1 heterocycles. The van der Waals surface area contributed by atoms with Gasteiger partial charge in [0.1, 0.15) is 6.10 Å². The lowest BCUT2D eigenvalue weighted by molar-refractivity contribution is -0.122. The average molecular weight is 128 g/mol. The third kappa shape index (κ3) is 2.16. The van der Waals surface area contributed by atoms with E-state index in [1.807, 2.05) is 19.1 Å². The summed E-state index contributed by atoms with van der Waals surface area (Å²) in [6.07, 6.45) is 4.35. The molecule has 2 nitrogen and oxygen atoms in total. The van der Waals surface area contributed by atoms with Crippen molar-refractivity contribution in [2.24, 2.45) is 0 Å². The van der Waals surface area contributed by atoms with Crippen LogP contribution in [-0.2, 0) is 9.47 Å². The zero-order valence-corrected chi connectivity index (χ0v) is 5.67. The number of hydrogen-bond acceptors (Lipinski definition) is 2. The molecule has 1 aliphatic heterocycles. The Hall–Kier alpha value is -0.340. The number of hydrogen-bond donors (Lipinski definition) is 0. The highest BCUT2D eigenvalue weighted by atomic mass is 16.6. The van der Waals surface area contributed by atoms with E-state index in [1.165, 1.54) is 0 Å². The zero-order chi connectivity index (χ0) is 6.53. The molecule has 9 heavy (non-hydrogen) atoms. The van der Waals surface area contributed by atoms with Crippen LogP contribution in [0.15, 0.2) is 12.2 Å². The van der Waals surface area contributed by atoms with E-state index in [0.717, 1.165) is 19.8 Å². The lowest BCUT2D eigenvalue weighted by Crippen LogP contribution is -2.36. The smallest absolute Gasteiger partial charge is 0.104 e. The quantitative estimate of drug-likeness (QED) is 0.527. The topological polar surface area (TPSA) is 18.5 Å². The second kappa shape index (κ2) is 3.64. The van der Waals surface area contributed by atoms with E-state index in [1.54, 1.807) is 0 Å². The summed E-state index contributed by atoms with van der Waals surface area (Å²) in [6.45, 7) is 4.26. The molecule has 0 aromatic heterocycles. The molecular formula is C7H12O2. The Morgan fingerprint density at radius 3 is 2.89 bits per heavy atom. The summed E-state index contributed by atoms with van der Waals surface area (Å²) in [4.78, 5) is 0. The van der Waals surface area contributed by atoms with Gasteiger partial charge in [0.25, 0.3) is 0 Å². The fraction of sp³-hybridized carbons (Fsp3) is 0.714. The fourth-order valence-electron chi connectivity index (χ4n) is 0.598. The molecule has 0 radical (unpaired) electrons. The van der Waals surface area contributed by atoms with Crippen molar-refractivity contribution in [2.45, 2.75) is 13.0 Å². The average Bonchev–Trinajstić information content (AvgIpc) is 1.76.